The van der Waals surface area contributed by atoms with Gasteiger partial charge in [-0.15, -0.1) is 0 Å². The summed E-state index contributed by atoms with van der Waals surface area (Å²) in [5, 5.41) is 3.29. The summed E-state index contributed by atoms with van der Waals surface area (Å²) in [5.74, 6) is -0.558. The molecule has 0 spiro atoms. The van der Waals surface area contributed by atoms with E-state index >= 15 is 0 Å². The monoisotopic (exact) mass is 479 g/mol. The minimum atomic E-state index is -4.50. The lowest BCUT2D eigenvalue weighted by Crippen LogP contribution is -2.14. The fraction of sp³-hybridized carbons (Fsp3) is 0.143. The number of alkyl halides is 3. The number of benzene rings is 2. The number of thiazole rings is 1. The first-order valence-corrected chi connectivity index (χ1v) is 11.7. The Labute approximate surface area is 185 Å². The lowest BCUT2D eigenvalue weighted by molar-refractivity contribution is -0.137. The summed E-state index contributed by atoms with van der Waals surface area (Å²) in [6, 6.07) is 9.65. The van der Waals surface area contributed by atoms with Crippen LogP contribution in [-0.4, -0.2) is 29.0 Å². The summed E-state index contributed by atoms with van der Waals surface area (Å²) < 4.78 is 65.9. The second-order valence-electron chi connectivity index (χ2n) is 6.99. The molecule has 0 bridgehead atoms. The SMILES string of the molecule is CC(=O)Nc1nc2ccc(C=CCS(=O)(=O)n3ccc4cc(C(F)(F)F)ccc43)cc2s1. The standard InChI is InChI=1S/C21H16F3N3O3S2/c1-13(28)25-20-26-17-6-4-14(11-19(17)31-20)3-2-10-32(29,30)27-9-8-15-12-16(21(22,23)24)5-7-18(15)27/h2-9,11-12H,10H2,1H3,(H,25,26,28). The summed E-state index contributed by atoms with van der Waals surface area (Å²) in [6.45, 7) is 1.39. The zero-order chi connectivity index (χ0) is 23.1. The highest BCUT2D eigenvalue weighted by Crippen LogP contribution is 2.32. The second kappa shape index (κ2) is 8.06. The highest BCUT2D eigenvalue weighted by atomic mass is 32.2. The van der Waals surface area contributed by atoms with E-state index < -0.39 is 21.8 Å². The number of aromatic nitrogens is 2. The van der Waals surface area contributed by atoms with Gasteiger partial charge in [-0.2, -0.15) is 13.2 Å². The molecule has 0 aliphatic heterocycles. The van der Waals surface area contributed by atoms with Gasteiger partial charge in [0, 0.05) is 18.5 Å². The molecule has 0 saturated heterocycles. The summed E-state index contributed by atoms with van der Waals surface area (Å²) in [7, 11) is -3.82. The summed E-state index contributed by atoms with van der Waals surface area (Å²) >= 11 is 1.30. The summed E-state index contributed by atoms with van der Waals surface area (Å²) in [6.07, 6.45) is -0.134. The van der Waals surface area contributed by atoms with Gasteiger partial charge in [0.15, 0.2) is 5.13 Å². The smallest absolute Gasteiger partial charge is 0.302 e. The number of carbonyl (C=O) groups excluding carboxylic acids is 1. The molecule has 0 unspecified atom stereocenters. The zero-order valence-corrected chi connectivity index (χ0v) is 18.2. The second-order valence-corrected chi connectivity index (χ2v) is 9.91. The van der Waals surface area contributed by atoms with Crippen molar-refractivity contribution in [2.45, 2.75) is 13.1 Å². The number of nitrogens with zero attached hydrogens (tertiary/aromatic N) is 2. The Morgan fingerprint density at radius 1 is 1.19 bits per heavy atom. The van der Waals surface area contributed by atoms with Crippen molar-refractivity contribution in [2.75, 3.05) is 11.1 Å². The maximum Gasteiger partial charge on any atom is 0.416 e. The molecule has 0 radical (unpaired) electrons. The van der Waals surface area contributed by atoms with Gasteiger partial charge in [-0.05, 0) is 42.0 Å². The van der Waals surface area contributed by atoms with Gasteiger partial charge in [-0.3, -0.25) is 4.79 Å². The molecular weight excluding hydrogens is 463 g/mol. The number of anilines is 1. The maximum absolute atomic E-state index is 12.9. The van der Waals surface area contributed by atoms with Crippen LogP contribution in [0.25, 0.3) is 27.2 Å². The van der Waals surface area contributed by atoms with Gasteiger partial charge in [-0.25, -0.2) is 17.4 Å². The molecule has 1 amide bonds. The molecule has 0 aliphatic rings. The molecule has 2 aromatic carbocycles. The van der Waals surface area contributed by atoms with Gasteiger partial charge in [0.1, 0.15) is 0 Å². The molecule has 166 valence electrons. The van der Waals surface area contributed by atoms with Crippen molar-refractivity contribution in [3.05, 3.63) is 65.9 Å². The lowest BCUT2D eigenvalue weighted by atomic mass is 10.1. The molecule has 32 heavy (non-hydrogen) atoms. The Morgan fingerprint density at radius 2 is 1.97 bits per heavy atom. The van der Waals surface area contributed by atoms with Gasteiger partial charge in [0.25, 0.3) is 0 Å². The summed E-state index contributed by atoms with van der Waals surface area (Å²) in [5.41, 5.74) is 0.807. The van der Waals surface area contributed by atoms with E-state index in [0.717, 1.165) is 32.4 Å². The molecule has 0 atom stereocenters. The van der Waals surface area contributed by atoms with Crippen molar-refractivity contribution in [1.82, 2.24) is 8.96 Å². The first kappa shape index (κ1) is 22.0. The van der Waals surface area contributed by atoms with Gasteiger partial charge < -0.3 is 5.32 Å². The van der Waals surface area contributed by atoms with Gasteiger partial charge in [-0.1, -0.05) is 29.6 Å². The number of carbonyl (C=O) groups is 1. The molecular formula is C21H16F3N3O3S2. The van der Waals surface area contributed by atoms with Gasteiger partial charge in [0.05, 0.1) is 27.0 Å². The van der Waals surface area contributed by atoms with Crippen molar-refractivity contribution >= 4 is 59.6 Å². The van der Waals surface area contributed by atoms with Crippen molar-refractivity contribution in [2.24, 2.45) is 0 Å². The van der Waals surface area contributed by atoms with Crippen LogP contribution in [0.2, 0.25) is 0 Å². The Morgan fingerprint density at radius 3 is 2.69 bits per heavy atom. The van der Waals surface area contributed by atoms with Crippen LogP contribution < -0.4 is 5.32 Å². The Bertz CT molecular complexity index is 1470. The molecule has 4 rings (SSSR count). The highest BCUT2D eigenvalue weighted by Gasteiger charge is 2.30. The fourth-order valence-electron chi connectivity index (χ4n) is 3.17. The Hall–Kier alpha value is -3.18. The normalized spacial score (nSPS) is 12.8. The number of hydrogen-bond acceptors (Lipinski definition) is 5. The molecule has 0 aliphatic carbocycles. The average Bonchev–Trinajstić information content (AvgIpc) is 3.29. The van der Waals surface area contributed by atoms with Crippen molar-refractivity contribution in [3.63, 3.8) is 0 Å². The van der Waals surface area contributed by atoms with E-state index in [1.54, 1.807) is 18.2 Å². The minimum Gasteiger partial charge on any atom is -0.302 e. The zero-order valence-electron chi connectivity index (χ0n) is 16.6. The van der Waals surface area contributed by atoms with E-state index in [1.807, 2.05) is 6.07 Å². The van der Waals surface area contributed by atoms with Crippen LogP contribution in [0.4, 0.5) is 18.3 Å². The predicted octanol–water partition coefficient (Wildman–Crippen LogP) is 5.12. The third-order valence-corrected chi connectivity index (χ3v) is 7.06. The van der Waals surface area contributed by atoms with Crippen LogP contribution in [0.5, 0.6) is 0 Å². The van der Waals surface area contributed by atoms with Crippen LogP contribution in [0, 0.1) is 0 Å². The molecule has 1 N–H and O–H groups in total. The first-order chi connectivity index (χ1) is 15.0. The van der Waals surface area contributed by atoms with Crippen LogP contribution in [0.3, 0.4) is 0 Å². The molecule has 0 fully saturated rings. The van der Waals surface area contributed by atoms with Crippen molar-refractivity contribution in [3.8, 4) is 0 Å². The maximum atomic E-state index is 12.9. The summed E-state index contributed by atoms with van der Waals surface area (Å²) in [4.78, 5) is 15.5. The molecule has 6 nitrogen and oxygen atoms in total. The van der Waals surface area contributed by atoms with Crippen LogP contribution in [-0.2, 0) is 21.0 Å². The Balaban J connectivity index is 1.54. The number of hydrogen-bond donors (Lipinski definition) is 1. The lowest BCUT2D eigenvalue weighted by Gasteiger charge is -2.08. The topological polar surface area (TPSA) is 81.1 Å². The van der Waals surface area contributed by atoms with E-state index in [2.05, 4.69) is 10.3 Å². The van der Waals surface area contributed by atoms with Crippen LogP contribution in [0.15, 0.2) is 54.7 Å². The number of halogens is 3. The van der Waals surface area contributed by atoms with E-state index in [1.165, 1.54) is 36.6 Å². The van der Waals surface area contributed by atoms with E-state index in [-0.39, 0.29) is 22.6 Å². The van der Waals surface area contributed by atoms with E-state index in [0.29, 0.717) is 10.6 Å². The molecule has 2 heterocycles. The van der Waals surface area contributed by atoms with Crippen LogP contribution in [0.1, 0.15) is 18.1 Å². The number of fused-ring (bicyclic) bond motifs is 2. The number of rotatable bonds is 5. The minimum absolute atomic E-state index is 0.183. The van der Waals surface area contributed by atoms with Crippen LogP contribution >= 0.6 is 11.3 Å². The van der Waals surface area contributed by atoms with Crippen molar-refractivity contribution in [1.29, 1.82) is 0 Å². The number of amides is 1. The predicted molar refractivity (Wildman–Crippen MR) is 119 cm³/mol. The molecule has 2 aromatic heterocycles. The quantitative estimate of drug-likeness (QED) is 0.431. The molecule has 11 heteroatoms. The first-order valence-electron chi connectivity index (χ1n) is 9.29. The fourth-order valence-corrected chi connectivity index (χ4v) is 5.34. The van der Waals surface area contributed by atoms with Crippen molar-refractivity contribution < 1.29 is 26.4 Å². The third kappa shape index (κ3) is 4.53. The van der Waals surface area contributed by atoms with E-state index in [9.17, 15) is 26.4 Å². The number of nitrogens with one attached hydrogen (secondary N) is 1. The molecule has 4 aromatic rings. The van der Waals surface area contributed by atoms with E-state index in [4.69, 9.17) is 0 Å². The average molecular weight is 480 g/mol. The Kier molecular flexibility index (Phi) is 5.55. The molecule has 0 saturated carbocycles. The highest BCUT2D eigenvalue weighted by molar-refractivity contribution is 7.90. The van der Waals surface area contributed by atoms with Gasteiger partial charge >= 0.3 is 6.18 Å². The third-order valence-electron chi connectivity index (χ3n) is 4.59. The van der Waals surface area contributed by atoms with Gasteiger partial charge in [0.2, 0.25) is 15.9 Å². The largest absolute Gasteiger partial charge is 0.416 e.